The van der Waals surface area contributed by atoms with E-state index in [-0.39, 0.29) is 0 Å². The fourth-order valence-electron chi connectivity index (χ4n) is 2.74. The van der Waals surface area contributed by atoms with E-state index >= 15 is 0 Å². The molecular formula is C24H26O. The Morgan fingerprint density at radius 3 is 1.00 bits per heavy atom. The normalized spacial score (nSPS) is 10.2. The summed E-state index contributed by atoms with van der Waals surface area (Å²) < 4.78 is 6.50. The van der Waals surface area contributed by atoms with Gasteiger partial charge in [-0.25, -0.2) is 0 Å². The van der Waals surface area contributed by atoms with Gasteiger partial charge >= 0.3 is 0 Å². The van der Waals surface area contributed by atoms with E-state index in [1.165, 1.54) is 0 Å². The van der Waals surface area contributed by atoms with Gasteiger partial charge in [0.25, 0.3) is 0 Å². The summed E-state index contributed by atoms with van der Waals surface area (Å²) in [7, 11) is 0. The van der Waals surface area contributed by atoms with Gasteiger partial charge in [0.05, 0.1) is 0 Å². The van der Waals surface area contributed by atoms with Crippen LogP contribution in [0, 0.1) is 0 Å². The van der Waals surface area contributed by atoms with Crippen LogP contribution in [0.5, 0.6) is 11.5 Å². The molecule has 2 aromatic carbocycles. The third kappa shape index (κ3) is 3.83. The molecule has 0 saturated heterocycles. The molecule has 0 aliphatic rings. The van der Waals surface area contributed by atoms with Gasteiger partial charge < -0.3 is 4.74 Å². The topological polar surface area (TPSA) is 9.23 Å². The van der Waals surface area contributed by atoms with Crippen LogP contribution >= 0.6 is 0 Å². The molecule has 0 aromatic heterocycles. The number of benzene rings is 2. The van der Waals surface area contributed by atoms with Crippen LogP contribution in [0.2, 0.25) is 0 Å². The van der Waals surface area contributed by atoms with Crippen molar-refractivity contribution < 1.29 is 4.74 Å². The van der Waals surface area contributed by atoms with Crippen LogP contribution in [-0.2, 0) is 0 Å². The summed E-state index contributed by atoms with van der Waals surface area (Å²) in [5, 5.41) is 0. The molecule has 0 radical (unpaired) electrons. The molecule has 2 rings (SSSR count). The highest BCUT2D eigenvalue weighted by Crippen LogP contribution is 2.41. The maximum atomic E-state index is 6.50. The van der Waals surface area contributed by atoms with Gasteiger partial charge in [-0.05, 0) is 50.0 Å². The second-order valence-corrected chi connectivity index (χ2v) is 6.59. The molecule has 0 bridgehead atoms. The Bertz CT molecular complexity index is 743. The van der Waals surface area contributed by atoms with E-state index < -0.39 is 0 Å². The number of hydrogen-bond donors (Lipinski definition) is 0. The second kappa shape index (κ2) is 7.40. The Morgan fingerprint density at radius 1 is 0.560 bits per heavy atom. The van der Waals surface area contributed by atoms with E-state index in [0.717, 1.165) is 56.0 Å². The van der Waals surface area contributed by atoms with Crippen LogP contribution in [0.25, 0.3) is 22.3 Å². The minimum Gasteiger partial charge on any atom is -0.455 e. The zero-order valence-corrected chi connectivity index (χ0v) is 15.7. The van der Waals surface area contributed by atoms with Gasteiger partial charge in [-0.2, -0.15) is 0 Å². The highest BCUT2D eigenvalue weighted by molar-refractivity contribution is 5.81. The minimum absolute atomic E-state index is 0.777. The quantitative estimate of drug-likeness (QED) is 0.529. The Labute approximate surface area is 151 Å². The van der Waals surface area contributed by atoms with E-state index in [0.29, 0.717) is 0 Å². The van der Waals surface area contributed by atoms with Crippen molar-refractivity contribution in [3.8, 4) is 11.5 Å². The minimum atomic E-state index is 0.777. The highest BCUT2D eigenvalue weighted by atomic mass is 16.5. The summed E-state index contributed by atoms with van der Waals surface area (Å²) in [4.78, 5) is 0. The number of ether oxygens (including phenoxy) is 1. The lowest BCUT2D eigenvalue weighted by molar-refractivity contribution is 0.476. The molecule has 1 nitrogen and oxygen atoms in total. The van der Waals surface area contributed by atoms with Gasteiger partial charge in [0.2, 0.25) is 0 Å². The van der Waals surface area contributed by atoms with Gasteiger partial charge in [0.15, 0.2) is 0 Å². The van der Waals surface area contributed by atoms with Crippen molar-refractivity contribution in [2.45, 2.75) is 27.7 Å². The van der Waals surface area contributed by atoms with E-state index in [1.807, 2.05) is 64.1 Å². The van der Waals surface area contributed by atoms with Crippen molar-refractivity contribution in [2.24, 2.45) is 0 Å². The third-order valence-electron chi connectivity index (χ3n) is 4.07. The first-order valence-corrected chi connectivity index (χ1v) is 8.31. The summed E-state index contributed by atoms with van der Waals surface area (Å²) in [5.74, 6) is 1.55. The van der Waals surface area contributed by atoms with Gasteiger partial charge in [0.1, 0.15) is 11.5 Å². The molecule has 128 valence electrons. The number of hydrogen-bond acceptors (Lipinski definition) is 1. The Kier molecular flexibility index (Phi) is 5.48. The predicted octanol–water partition coefficient (Wildman–Crippen LogP) is 7.61. The van der Waals surface area contributed by atoms with Crippen molar-refractivity contribution in [3.63, 3.8) is 0 Å². The van der Waals surface area contributed by atoms with Crippen molar-refractivity contribution >= 4 is 22.3 Å². The van der Waals surface area contributed by atoms with E-state index in [9.17, 15) is 0 Å². The standard InChI is InChI=1S/C24H26O/c1-15(2)19-11-9-12-20(16(3)4)23(19)25-24-21(17(5)6)13-10-14-22(24)18(7)8/h9-14H,1,3,5,7H2,2,4,6,8H3. The van der Waals surface area contributed by atoms with E-state index in [2.05, 4.69) is 26.3 Å². The maximum absolute atomic E-state index is 6.50. The molecule has 0 spiro atoms. The van der Waals surface area contributed by atoms with Gasteiger partial charge in [-0.15, -0.1) is 0 Å². The molecular weight excluding hydrogens is 304 g/mol. The van der Waals surface area contributed by atoms with Gasteiger partial charge in [0, 0.05) is 22.3 Å². The number of rotatable bonds is 6. The van der Waals surface area contributed by atoms with Crippen molar-refractivity contribution in [1.82, 2.24) is 0 Å². The summed E-state index contributed by atoms with van der Waals surface area (Å²) in [6, 6.07) is 12.1. The summed E-state index contributed by atoms with van der Waals surface area (Å²) in [6.07, 6.45) is 0. The molecule has 0 amide bonds. The Morgan fingerprint density at radius 2 is 0.800 bits per heavy atom. The molecule has 0 heterocycles. The Balaban J connectivity index is 2.76. The van der Waals surface area contributed by atoms with Crippen molar-refractivity contribution in [1.29, 1.82) is 0 Å². The fourth-order valence-corrected chi connectivity index (χ4v) is 2.74. The highest BCUT2D eigenvalue weighted by Gasteiger charge is 2.17. The lowest BCUT2D eigenvalue weighted by Crippen LogP contribution is -1.99. The van der Waals surface area contributed by atoms with Crippen LogP contribution < -0.4 is 4.74 Å². The maximum Gasteiger partial charge on any atom is 0.142 e. The van der Waals surface area contributed by atoms with Crippen LogP contribution in [0.1, 0.15) is 49.9 Å². The molecule has 0 aliphatic heterocycles. The van der Waals surface area contributed by atoms with Crippen LogP contribution in [0.15, 0.2) is 62.7 Å². The summed E-state index contributed by atoms with van der Waals surface area (Å²) in [6.45, 7) is 24.3. The zero-order chi connectivity index (χ0) is 18.7. The molecule has 0 unspecified atom stereocenters. The average molecular weight is 330 g/mol. The summed E-state index contributed by atoms with van der Waals surface area (Å²) >= 11 is 0. The summed E-state index contributed by atoms with van der Waals surface area (Å²) in [5.41, 5.74) is 7.69. The first kappa shape index (κ1) is 18.5. The predicted molar refractivity (Wildman–Crippen MR) is 112 cm³/mol. The molecule has 0 atom stereocenters. The molecule has 25 heavy (non-hydrogen) atoms. The molecule has 0 fully saturated rings. The molecule has 0 N–H and O–H groups in total. The first-order chi connectivity index (χ1) is 11.7. The lowest BCUT2D eigenvalue weighted by Gasteiger charge is -2.20. The van der Waals surface area contributed by atoms with E-state index in [4.69, 9.17) is 4.74 Å². The van der Waals surface area contributed by atoms with Gasteiger partial charge in [-0.1, -0.05) is 62.7 Å². The molecule has 0 saturated carbocycles. The lowest BCUT2D eigenvalue weighted by atomic mass is 9.98. The molecule has 1 heteroatoms. The van der Waals surface area contributed by atoms with Crippen molar-refractivity contribution in [3.05, 3.63) is 85.0 Å². The van der Waals surface area contributed by atoms with Crippen LogP contribution in [0.3, 0.4) is 0 Å². The van der Waals surface area contributed by atoms with Crippen LogP contribution in [-0.4, -0.2) is 0 Å². The van der Waals surface area contributed by atoms with E-state index in [1.54, 1.807) is 0 Å². The third-order valence-corrected chi connectivity index (χ3v) is 4.07. The largest absolute Gasteiger partial charge is 0.455 e. The average Bonchev–Trinajstić information content (AvgIpc) is 2.54. The SMILES string of the molecule is C=C(C)c1cccc(C(=C)C)c1Oc1c(C(=C)C)cccc1C(=C)C. The molecule has 2 aromatic rings. The zero-order valence-electron chi connectivity index (χ0n) is 15.7. The monoisotopic (exact) mass is 330 g/mol. The second-order valence-electron chi connectivity index (χ2n) is 6.59. The van der Waals surface area contributed by atoms with Crippen LogP contribution in [0.4, 0.5) is 0 Å². The fraction of sp³-hybridized carbons (Fsp3) is 0.167. The first-order valence-electron chi connectivity index (χ1n) is 8.31. The van der Waals surface area contributed by atoms with Crippen molar-refractivity contribution in [2.75, 3.05) is 0 Å². The smallest absolute Gasteiger partial charge is 0.142 e. The number of para-hydroxylation sites is 2. The molecule has 0 aliphatic carbocycles. The Hall–Kier alpha value is -2.80. The number of allylic oxidation sites excluding steroid dienone is 4. The van der Waals surface area contributed by atoms with Gasteiger partial charge in [-0.3, -0.25) is 0 Å².